The molecule has 0 radical (unpaired) electrons. The maximum Gasteiger partial charge on any atom is 0.253 e. The van der Waals surface area contributed by atoms with Crippen LogP contribution in [0.1, 0.15) is 23.2 Å². The van der Waals surface area contributed by atoms with E-state index in [1.54, 1.807) is 18.2 Å². The van der Waals surface area contributed by atoms with Gasteiger partial charge in [-0.2, -0.15) is 0 Å². The van der Waals surface area contributed by atoms with E-state index in [1.807, 2.05) is 0 Å². The number of nitrogens with zero attached hydrogens (tertiary/aromatic N) is 1. The first-order chi connectivity index (χ1) is 9.29. The second-order valence-electron chi connectivity index (χ2n) is 4.73. The topological polar surface area (TPSA) is 80.5 Å². The predicted octanol–water partition coefficient (Wildman–Crippen LogP) is 2.00. The average molecular weight is 382 g/mol. The molecule has 1 aliphatic heterocycles. The Kier molecular flexibility index (Phi) is 4.73. The lowest BCUT2D eigenvalue weighted by atomic mass is 10.1. The third-order valence-electron chi connectivity index (χ3n) is 3.30. The van der Waals surface area contributed by atoms with Crippen molar-refractivity contribution in [3.63, 3.8) is 0 Å². The summed E-state index contributed by atoms with van der Waals surface area (Å²) in [6, 6.07) is 4.88. The highest BCUT2D eigenvalue weighted by Crippen LogP contribution is 2.25. The van der Waals surface area contributed by atoms with Crippen molar-refractivity contribution in [3.05, 3.63) is 33.3 Å². The molecule has 1 saturated heterocycles. The van der Waals surface area contributed by atoms with Crippen LogP contribution in [0.4, 0.5) is 0 Å². The van der Waals surface area contributed by atoms with E-state index in [0.29, 0.717) is 34.4 Å². The summed E-state index contributed by atoms with van der Waals surface area (Å²) in [4.78, 5) is 13.9. The van der Waals surface area contributed by atoms with E-state index in [-0.39, 0.29) is 12.5 Å². The van der Waals surface area contributed by atoms with Gasteiger partial charge in [0.15, 0.2) is 0 Å². The zero-order valence-corrected chi connectivity index (χ0v) is 13.7. The smallest absolute Gasteiger partial charge is 0.253 e. The molecule has 0 aromatic heterocycles. The Labute approximate surface area is 131 Å². The van der Waals surface area contributed by atoms with Gasteiger partial charge in [-0.05, 0) is 47.0 Å². The van der Waals surface area contributed by atoms with Gasteiger partial charge in [0.25, 0.3) is 5.91 Å². The molecule has 0 bridgehead atoms. The van der Waals surface area contributed by atoms with E-state index < -0.39 is 15.3 Å². The second kappa shape index (κ2) is 6.01. The molecule has 110 valence electrons. The summed E-state index contributed by atoms with van der Waals surface area (Å²) in [5.41, 5.74) is 0.469. The monoisotopic (exact) mass is 380 g/mol. The number of primary sulfonamides is 1. The Morgan fingerprint density at radius 3 is 2.75 bits per heavy atom. The summed E-state index contributed by atoms with van der Waals surface area (Å²) in [5, 5.41) is 5.00. The predicted molar refractivity (Wildman–Crippen MR) is 81.2 cm³/mol. The number of nitrogens with two attached hydrogens (primary N) is 1. The Balaban J connectivity index is 2.18. The minimum absolute atomic E-state index is 0.137. The molecule has 1 atom stereocenters. The van der Waals surface area contributed by atoms with Gasteiger partial charge in [0.05, 0.1) is 10.3 Å². The van der Waals surface area contributed by atoms with E-state index in [0.717, 1.165) is 0 Å². The van der Waals surface area contributed by atoms with Crippen LogP contribution in [0.5, 0.6) is 0 Å². The van der Waals surface area contributed by atoms with Crippen LogP contribution in [0, 0.1) is 0 Å². The van der Waals surface area contributed by atoms with Crippen molar-refractivity contribution in [2.45, 2.75) is 18.1 Å². The summed E-state index contributed by atoms with van der Waals surface area (Å²) in [6.45, 7) is 0.670. The number of halogens is 2. The number of carbonyl (C=O) groups is 1. The minimum atomic E-state index is -3.61. The normalized spacial score (nSPS) is 19.9. The SMILES string of the molecule is NS(=O)(=O)C1CCCN(C(=O)c2ccc(Cl)c(Br)c2)C1. The summed E-state index contributed by atoms with van der Waals surface area (Å²) < 4.78 is 23.4. The fourth-order valence-electron chi connectivity index (χ4n) is 2.20. The molecule has 8 heteroatoms. The van der Waals surface area contributed by atoms with Gasteiger partial charge in [-0.1, -0.05) is 11.6 Å². The maximum atomic E-state index is 12.4. The number of carbonyl (C=O) groups excluding carboxylic acids is 1. The second-order valence-corrected chi connectivity index (χ2v) is 7.84. The van der Waals surface area contributed by atoms with Crippen molar-refractivity contribution < 1.29 is 13.2 Å². The fourth-order valence-corrected chi connectivity index (χ4v) is 3.58. The number of rotatable bonds is 2. The molecule has 1 aromatic rings. The Bertz CT molecular complexity index is 636. The lowest BCUT2D eigenvalue weighted by Gasteiger charge is -2.31. The molecule has 1 aliphatic rings. The van der Waals surface area contributed by atoms with Crippen LogP contribution in [0.15, 0.2) is 22.7 Å². The molecule has 1 amide bonds. The van der Waals surface area contributed by atoms with Crippen molar-refractivity contribution in [3.8, 4) is 0 Å². The Morgan fingerprint density at radius 2 is 2.15 bits per heavy atom. The van der Waals surface area contributed by atoms with Crippen LogP contribution in [-0.4, -0.2) is 37.6 Å². The highest BCUT2D eigenvalue weighted by molar-refractivity contribution is 9.10. The van der Waals surface area contributed by atoms with E-state index in [2.05, 4.69) is 15.9 Å². The van der Waals surface area contributed by atoms with Crippen molar-refractivity contribution in [2.75, 3.05) is 13.1 Å². The van der Waals surface area contributed by atoms with Crippen LogP contribution < -0.4 is 5.14 Å². The molecule has 1 unspecified atom stereocenters. The van der Waals surface area contributed by atoms with E-state index in [9.17, 15) is 13.2 Å². The quantitative estimate of drug-likeness (QED) is 0.851. The first kappa shape index (κ1) is 15.8. The molecule has 0 saturated carbocycles. The molecule has 0 spiro atoms. The van der Waals surface area contributed by atoms with E-state index in [1.165, 1.54) is 4.90 Å². The van der Waals surface area contributed by atoms with Crippen LogP contribution >= 0.6 is 27.5 Å². The van der Waals surface area contributed by atoms with Crippen molar-refractivity contribution in [2.24, 2.45) is 5.14 Å². The molecule has 0 aliphatic carbocycles. The Hall–Kier alpha value is -0.630. The number of sulfonamides is 1. The number of hydrogen-bond acceptors (Lipinski definition) is 3. The van der Waals surface area contributed by atoms with Gasteiger partial charge >= 0.3 is 0 Å². The molecule has 1 fully saturated rings. The van der Waals surface area contributed by atoms with Gasteiger partial charge in [0.1, 0.15) is 0 Å². The zero-order valence-electron chi connectivity index (χ0n) is 10.6. The molecule has 2 rings (SSSR count). The van der Waals surface area contributed by atoms with Crippen molar-refractivity contribution >= 4 is 43.5 Å². The molecule has 1 aromatic carbocycles. The average Bonchev–Trinajstić information content (AvgIpc) is 2.40. The van der Waals surface area contributed by atoms with Crippen LogP contribution in [0.3, 0.4) is 0 Å². The lowest BCUT2D eigenvalue weighted by molar-refractivity contribution is 0.0727. The third kappa shape index (κ3) is 3.52. The number of amides is 1. The van der Waals surface area contributed by atoms with Gasteiger partial charge in [-0.3, -0.25) is 4.79 Å². The third-order valence-corrected chi connectivity index (χ3v) is 5.82. The van der Waals surface area contributed by atoms with Crippen LogP contribution in [-0.2, 0) is 10.0 Å². The maximum absolute atomic E-state index is 12.4. The van der Waals surface area contributed by atoms with Gasteiger partial charge < -0.3 is 4.90 Å². The highest BCUT2D eigenvalue weighted by Gasteiger charge is 2.30. The van der Waals surface area contributed by atoms with Crippen LogP contribution in [0.25, 0.3) is 0 Å². The summed E-state index contributed by atoms with van der Waals surface area (Å²) >= 11 is 9.15. The number of piperidine rings is 1. The molecule has 2 N–H and O–H groups in total. The molecule has 1 heterocycles. The summed E-state index contributed by atoms with van der Waals surface area (Å²) in [7, 11) is -3.61. The minimum Gasteiger partial charge on any atom is -0.337 e. The van der Waals surface area contributed by atoms with Gasteiger partial charge in [-0.15, -0.1) is 0 Å². The largest absolute Gasteiger partial charge is 0.337 e. The van der Waals surface area contributed by atoms with Crippen molar-refractivity contribution in [1.29, 1.82) is 0 Å². The number of benzene rings is 1. The van der Waals surface area contributed by atoms with Crippen LogP contribution in [0.2, 0.25) is 5.02 Å². The summed E-state index contributed by atoms with van der Waals surface area (Å²) in [5.74, 6) is -0.212. The van der Waals surface area contributed by atoms with E-state index in [4.69, 9.17) is 16.7 Å². The first-order valence-electron chi connectivity index (χ1n) is 6.05. The highest BCUT2D eigenvalue weighted by atomic mass is 79.9. The fraction of sp³-hybridized carbons (Fsp3) is 0.417. The molecule has 5 nitrogen and oxygen atoms in total. The number of likely N-dealkylation sites (tertiary alicyclic amines) is 1. The molecular weight excluding hydrogens is 368 g/mol. The van der Waals surface area contributed by atoms with Gasteiger partial charge in [-0.25, -0.2) is 13.6 Å². The summed E-state index contributed by atoms with van der Waals surface area (Å²) in [6.07, 6.45) is 1.12. The van der Waals surface area contributed by atoms with E-state index >= 15 is 0 Å². The van der Waals surface area contributed by atoms with Gasteiger partial charge in [0, 0.05) is 23.1 Å². The molecule has 20 heavy (non-hydrogen) atoms. The van der Waals surface area contributed by atoms with Crippen molar-refractivity contribution in [1.82, 2.24) is 4.90 Å². The molecular formula is C12H14BrClN2O3S. The zero-order chi connectivity index (χ0) is 14.9. The Morgan fingerprint density at radius 1 is 1.45 bits per heavy atom. The number of hydrogen-bond donors (Lipinski definition) is 1. The lowest BCUT2D eigenvalue weighted by Crippen LogP contribution is -2.47. The standard InChI is InChI=1S/C12H14BrClN2O3S/c13-10-6-8(3-4-11(10)14)12(17)16-5-1-2-9(7-16)20(15,18)19/h3-4,6,9H,1-2,5,7H2,(H2,15,18,19). The van der Waals surface area contributed by atoms with Gasteiger partial charge in [0.2, 0.25) is 10.0 Å². The first-order valence-corrected chi connectivity index (χ1v) is 8.83.